The van der Waals surface area contributed by atoms with Gasteiger partial charge in [0.05, 0.1) is 27.8 Å². The highest BCUT2D eigenvalue weighted by Crippen LogP contribution is 2.38. The van der Waals surface area contributed by atoms with Gasteiger partial charge in [-0.2, -0.15) is 65.9 Å². The van der Waals surface area contributed by atoms with E-state index >= 15 is 0 Å². The molecular formula is C93H117F15. The monoisotopic (exact) mass is 1520 g/mol. The highest BCUT2D eigenvalue weighted by atomic mass is 19.4. The molecule has 0 nitrogen and oxygen atoms in total. The van der Waals surface area contributed by atoms with Crippen LogP contribution in [-0.2, 0) is 30.9 Å². The van der Waals surface area contributed by atoms with Crippen molar-refractivity contribution in [1.82, 2.24) is 0 Å². The van der Waals surface area contributed by atoms with Crippen molar-refractivity contribution in [3.05, 3.63) is 311 Å². The standard InChI is InChI=1S/C14H22.C12H18.2C10H11F3.2C10H14.3C9H9F3/c1-9(2)13-7-11(5)8-14(10(3)4)12(13)6;1-8(2)12-6-9(3)11(5)10(4)7-12;2*1-6-4-7(2)8(3)9(5-6)10(11,12)13;2*1-7-5-8(2)10(4)9(3)6-7;3*1-6-4-3-5-8(7(6)2)9(10,11)12/h7-10H,1-6H3;6-8H,1-5H3;2*4-5H,1-3H3;2*5-6H,1-4H3;3*3-5H,1-2H3. The molecule has 0 fully saturated rings. The largest absolute Gasteiger partial charge is 0.416 e. The average molecular weight is 1520 g/mol. The minimum Gasteiger partial charge on any atom is -0.166 e. The number of halogens is 15. The molecule has 15 heteroatoms. The minimum atomic E-state index is -4.24. The van der Waals surface area contributed by atoms with Crippen LogP contribution in [0.4, 0.5) is 65.9 Å². The van der Waals surface area contributed by atoms with Gasteiger partial charge in [0.15, 0.2) is 0 Å². The second kappa shape index (κ2) is 41.6. The van der Waals surface area contributed by atoms with Gasteiger partial charge in [-0.3, -0.25) is 0 Å². The van der Waals surface area contributed by atoms with Crippen molar-refractivity contribution in [1.29, 1.82) is 0 Å². The molecule has 594 valence electrons. The Morgan fingerprint density at radius 3 is 0.565 bits per heavy atom. The highest BCUT2D eigenvalue weighted by molar-refractivity contribution is 5.44. The Balaban J connectivity index is 0.000000608. The Morgan fingerprint density at radius 1 is 0.185 bits per heavy atom. The quantitative estimate of drug-likeness (QED) is 0.155. The third-order valence-electron chi connectivity index (χ3n) is 19.6. The van der Waals surface area contributed by atoms with Crippen LogP contribution in [0.5, 0.6) is 0 Å². The first-order chi connectivity index (χ1) is 49.1. The van der Waals surface area contributed by atoms with Crippen LogP contribution in [0.1, 0.15) is 243 Å². The van der Waals surface area contributed by atoms with E-state index in [0.29, 0.717) is 84.5 Å². The summed E-state index contributed by atoms with van der Waals surface area (Å²) >= 11 is 0. The van der Waals surface area contributed by atoms with Gasteiger partial charge >= 0.3 is 30.9 Å². The molecule has 0 heterocycles. The van der Waals surface area contributed by atoms with Gasteiger partial charge in [0.25, 0.3) is 0 Å². The van der Waals surface area contributed by atoms with E-state index in [2.05, 4.69) is 180 Å². The summed E-state index contributed by atoms with van der Waals surface area (Å²) in [5, 5.41) is 0. The fourth-order valence-corrected chi connectivity index (χ4v) is 11.9. The lowest BCUT2D eigenvalue weighted by atomic mass is 9.88. The fourth-order valence-electron chi connectivity index (χ4n) is 11.9. The lowest BCUT2D eigenvalue weighted by Gasteiger charge is -2.17. The topological polar surface area (TPSA) is 0 Å². The van der Waals surface area contributed by atoms with Gasteiger partial charge in [-0.1, -0.05) is 166 Å². The third kappa shape index (κ3) is 31.1. The summed E-state index contributed by atoms with van der Waals surface area (Å²) in [5.41, 5.74) is 26.4. The van der Waals surface area contributed by atoms with Crippen LogP contribution in [-0.4, -0.2) is 0 Å². The molecule has 9 aromatic carbocycles. The molecule has 108 heavy (non-hydrogen) atoms. The third-order valence-corrected chi connectivity index (χ3v) is 19.6. The van der Waals surface area contributed by atoms with Crippen LogP contribution in [0.3, 0.4) is 0 Å². The van der Waals surface area contributed by atoms with Gasteiger partial charge in [-0.15, -0.1) is 0 Å². The summed E-state index contributed by atoms with van der Waals surface area (Å²) in [5.74, 6) is 1.91. The Labute approximate surface area is 637 Å². The van der Waals surface area contributed by atoms with E-state index < -0.39 is 58.7 Å². The number of aryl methyl sites for hydroxylation is 16. The van der Waals surface area contributed by atoms with E-state index in [0.717, 1.165) is 18.2 Å². The Hall–Kier alpha value is -8.07. The van der Waals surface area contributed by atoms with Crippen molar-refractivity contribution in [3.8, 4) is 0 Å². The molecule has 0 radical (unpaired) electrons. The molecule has 0 aromatic heterocycles. The van der Waals surface area contributed by atoms with Crippen LogP contribution in [0.15, 0.2) is 127 Å². The molecule has 0 unspecified atom stereocenters. The number of hydrogen-bond donors (Lipinski definition) is 0. The van der Waals surface area contributed by atoms with Gasteiger partial charge < -0.3 is 0 Å². The maximum Gasteiger partial charge on any atom is 0.416 e. The van der Waals surface area contributed by atoms with Crippen LogP contribution >= 0.6 is 0 Å². The van der Waals surface area contributed by atoms with Gasteiger partial charge in [0.2, 0.25) is 0 Å². The normalized spacial score (nSPS) is 11.3. The van der Waals surface area contributed by atoms with Gasteiger partial charge in [0, 0.05) is 0 Å². The molecule has 0 saturated carbocycles. The number of hydrogen-bond acceptors (Lipinski definition) is 0. The summed E-state index contributed by atoms with van der Waals surface area (Å²) in [7, 11) is 0. The first kappa shape index (κ1) is 97.9. The Morgan fingerprint density at radius 2 is 0.370 bits per heavy atom. The van der Waals surface area contributed by atoms with Crippen molar-refractivity contribution in [2.75, 3.05) is 0 Å². The predicted molar refractivity (Wildman–Crippen MR) is 424 cm³/mol. The van der Waals surface area contributed by atoms with Crippen molar-refractivity contribution in [2.24, 2.45) is 0 Å². The van der Waals surface area contributed by atoms with Crippen LogP contribution in [0.25, 0.3) is 0 Å². The lowest BCUT2D eigenvalue weighted by Crippen LogP contribution is -2.08. The maximum absolute atomic E-state index is 12.4. The Bertz CT molecular complexity index is 4020. The molecule has 0 bridgehead atoms. The van der Waals surface area contributed by atoms with Gasteiger partial charge in [-0.25, -0.2) is 0 Å². The second-order valence-corrected chi connectivity index (χ2v) is 29.6. The number of alkyl halides is 15. The molecule has 0 aliphatic rings. The molecule has 9 rings (SSSR count). The molecular weight excluding hydrogens is 1400 g/mol. The smallest absolute Gasteiger partial charge is 0.166 e. The predicted octanol–water partition coefficient (Wildman–Crippen LogP) is 31.4. The molecule has 0 aliphatic carbocycles. The molecule has 9 aromatic rings. The number of rotatable bonds is 3. The van der Waals surface area contributed by atoms with Crippen molar-refractivity contribution >= 4 is 0 Å². The zero-order chi connectivity index (χ0) is 84.1. The van der Waals surface area contributed by atoms with E-state index in [1.54, 1.807) is 78.8 Å². The first-order valence-corrected chi connectivity index (χ1v) is 36.1. The van der Waals surface area contributed by atoms with E-state index in [1.165, 1.54) is 154 Å². The van der Waals surface area contributed by atoms with E-state index in [1.807, 2.05) is 0 Å². The first-order valence-electron chi connectivity index (χ1n) is 36.1. The summed E-state index contributed by atoms with van der Waals surface area (Å²) in [4.78, 5) is 0. The zero-order valence-electron chi connectivity index (χ0n) is 69.5. The Kier molecular flexibility index (Phi) is 37.8. The van der Waals surface area contributed by atoms with Crippen molar-refractivity contribution in [3.63, 3.8) is 0 Å². The highest BCUT2D eigenvalue weighted by Gasteiger charge is 2.36. The molecule has 0 atom stereocenters. The molecule has 0 saturated heterocycles. The summed E-state index contributed by atoms with van der Waals surface area (Å²) in [6.45, 7) is 61.0. The average Bonchev–Trinajstić information content (AvgIpc) is 1.13. The summed E-state index contributed by atoms with van der Waals surface area (Å²) in [6.07, 6.45) is -21.1. The maximum atomic E-state index is 12.4. The van der Waals surface area contributed by atoms with Crippen LogP contribution < -0.4 is 0 Å². The van der Waals surface area contributed by atoms with Gasteiger partial charge in [0.1, 0.15) is 0 Å². The lowest BCUT2D eigenvalue weighted by molar-refractivity contribution is -0.139. The minimum absolute atomic E-state index is 0.310. The van der Waals surface area contributed by atoms with Crippen molar-refractivity contribution in [2.45, 2.75) is 263 Å². The SMILES string of the molecule is Cc1cc(C(C)C)c(C)c(C(C)C)c1.Cc1cc(C(C)C)cc(C)c1C.Cc1cc(C)c(C)c(C(F)(F)F)c1.Cc1cc(C)c(C)c(C(F)(F)F)c1.Cc1cc(C)c(C)c(C)c1.Cc1cc(C)c(C)c(C)c1.Cc1cccc(C(F)(F)F)c1C.Cc1cccc(C(F)(F)F)c1C.Cc1cccc(C(F)(F)F)c1C. The van der Waals surface area contributed by atoms with Gasteiger partial charge in [-0.05, 0) is 349 Å². The summed E-state index contributed by atoms with van der Waals surface area (Å²) in [6, 6.07) is 36.6. The summed E-state index contributed by atoms with van der Waals surface area (Å²) < 4.78 is 185. The molecule has 0 spiro atoms. The zero-order valence-corrected chi connectivity index (χ0v) is 69.5. The molecule has 0 amide bonds. The van der Waals surface area contributed by atoms with Crippen molar-refractivity contribution < 1.29 is 65.9 Å². The van der Waals surface area contributed by atoms with E-state index in [9.17, 15) is 65.9 Å². The second-order valence-electron chi connectivity index (χ2n) is 29.6. The van der Waals surface area contributed by atoms with E-state index in [4.69, 9.17) is 0 Å². The fraction of sp³-hybridized carbons (Fsp3) is 0.419. The van der Waals surface area contributed by atoms with E-state index in [-0.39, 0.29) is 0 Å². The molecule has 0 N–H and O–H groups in total. The number of benzene rings is 9. The van der Waals surface area contributed by atoms with Crippen LogP contribution in [0.2, 0.25) is 0 Å². The molecule has 0 aliphatic heterocycles. The van der Waals surface area contributed by atoms with Crippen LogP contribution in [0, 0.1) is 173 Å².